The molecule has 1 aliphatic heterocycles. The third-order valence-corrected chi connectivity index (χ3v) is 6.04. The van der Waals surface area contributed by atoms with Crippen LogP contribution in [-0.4, -0.2) is 31.6 Å². The smallest absolute Gasteiger partial charge is 0.321 e. The first kappa shape index (κ1) is 23.0. The number of ether oxygens (including phenoxy) is 1. The van der Waals surface area contributed by atoms with E-state index in [0.29, 0.717) is 5.92 Å². The van der Waals surface area contributed by atoms with Crippen molar-refractivity contribution in [2.45, 2.75) is 45.3 Å². The van der Waals surface area contributed by atoms with Gasteiger partial charge in [0.2, 0.25) is 0 Å². The van der Waals surface area contributed by atoms with Crippen LogP contribution >= 0.6 is 0 Å². The number of rotatable bonds is 7. The second-order valence-electron chi connectivity index (χ2n) is 8.79. The van der Waals surface area contributed by atoms with Crippen molar-refractivity contribution >= 4 is 22.5 Å². The minimum absolute atomic E-state index is 0.0618. The lowest BCUT2D eigenvalue weighted by Crippen LogP contribution is -2.69. The number of carbonyl (C=O) groups excluding carboxylic acids is 1. The average molecular weight is 448 g/mol. The molecule has 1 heterocycles. The van der Waals surface area contributed by atoms with Gasteiger partial charge in [-0.1, -0.05) is 56.3 Å². The molecule has 0 saturated carbocycles. The molecule has 7 heteroatoms. The van der Waals surface area contributed by atoms with Gasteiger partial charge in [0.05, 0.1) is 13.3 Å². The number of anilines is 1. The van der Waals surface area contributed by atoms with Gasteiger partial charge in [0, 0.05) is 18.3 Å². The van der Waals surface area contributed by atoms with Crippen LogP contribution in [0.1, 0.15) is 25.8 Å². The second-order valence-corrected chi connectivity index (χ2v) is 8.79. The molecule has 1 fully saturated rings. The molecule has 0 bridgehead atoms. The van der Waals surface area contributed by atoms with E-state index in [-0.39, 0.29) is 24.5 Å². The van der Waals surface area contributed by atoms with Crippen LogP contribution in [0, 0.1) is 5.92 Å². The lowest BCUT2D eigenvalue weighted by Gasteiger charge is -2.40. The summed E-state index contributed by atoms with van der Waals surface area (Å²) in [7, 11) is 1.67. The van der Waals surface area contributed by atoms with Crippen LogP contribution in [0.3, 0.4) is 0 Å². The third kappa shape index (κ3) is 6.22. The van der Waals surface area contributed by atoms with E-state index in [2.05, 4.69) is 58.6 Å². The molecule has 0 aromatic heterocycles. The van der Waals surface area contributed by atoms with E-state index in [4.69, 9.17) is 4.74 Å². The van der Waals surface area contributed by atoms with Crippen molar-refractivity contribution in [3.8, 4) is 5.75 Å². The predicted molar refractivity (Wildman–Crippen MR) is 133 cm³/mol. The summed E-state index contributed by atoms with van der Waals surface area (Å²) in [4.78, 5) is 12.7. The second kappa shape index (κ2) is 10.7. The summed E-state index contributed by atoms with van der Waals surface area (Å²) in [6, 6.07) is 22.0. The molecular formula is C26H33N5O2. The fourth-order valence-corrected chi connectivity index (χ4v) is 4.09. The van der Waals surface area contributed by atoms with Crippen LogP contribution in [0.4, 0.5) is 10.5 Å². The Bertz CT molecular complexity index is 1070. The Labute approximate surface area is 195 Å². The molecule has 3 aromatic rings. The molecule has 3 atom stereocenters. The Morgan fingerprint density at radius 3 is 2.52 bits per heavy atom. The number of benzene rings is 3. The van der Waals surface area contributed by atoms with E-state index < -0.39 is 0 Å². The van der Waals surface area contributed by atoms with Crippen LogP contribution in [-0.2, 0) is 6.54 Å². The number of hydrogen-bond donors (Lipinski definition) is 5. The highest BCUT2D eigenvalue weighted by Crippen LogP contribution is 2.19. The van der Waals surface area contributed by atoms with Gasteiger partial charge < -0.3 is 15.4 Å². The first-order valence-electron chi connectivity index (χ1n) is 11.4. The van der Waals surface area contributed by atoms with Gasteiger partial charge in [-0.05, 0) is 52.9 Å². The Hall–Kier alpha value is -3.13. The van der Waals surface area contributed by atoms with Gasteiger partial charge in [0.1, 0.15) is 12.0 Å². The van der Waals surface area contributed by atoms with Gasteiger partial charge in [-0.2, -0.15) is 0 Å². The predicted octanol–water partition coefficient (Wildman–Crippen LogP) is 3.98. The van der Waals surface area contributed by atoms with E-state index in [1.807, 2.05) is 48.5 Å². The number of methoxy groups -OCH3 is 1. The Morgan fingerprint density at radius 1 is 1.03 bits per heavy atom. The van der Waals surface area contributed by atoms with Crippen LogP contribution in [0.15, 0.2) is 66.7 Å². The Kier molecular flexibility index (Phi) is 7.44. The minimum Gasteiger partial charge on any atom is -0.497 e. The van der Waals surface area contributed by atoms with Crippen LogP contribution in [0.25, 0.3) is 10.8 Å². The molecule has 174 valence electrons. The number of hydrogen-bond acceptors (Lipinski definition) is 5. The molecule has 2 amide bonds. The number of fused-ring (bicyclic) bond motifs is 1. The lowest BCUT2D eigenvalue weighted by atomic mass is 9.97. The molecule has 33 heavy (non-hydrogen) atoms. The minimum atomic E-state index is -0.347. The molecule has 4 rings (SSSR count). The van der Waals surface area contributed by atoms with Crippen LogP contribution in [0.5, 0.6) is 5.75 Å². The summed E-state index contributed by atoms with van der Waals surface area (Å²) in [6.45, 7) is 5.11. The van der Waals surface area contributed by atoms with Crippen molar-refractivity contribution in [3.05, 3.63) is 72.3 Å². The lowest BCUT2D eigenvalue weighted by molar-refractivity contribution is 0.164. The van der Waals surface area contributed by atoms with Crippen molar-refractivity contribution in [2.24, 2.45) is 5.92 Å². The molecule has 1 aliphatic rings. The zero-order chi connectivity index (χ0) is 23.2. The average Bonchev–Trinajstić information content (AvgIpc) is 2.82. The highest BCUT2D eigenvalue weighted by molar-refractivity contribution is 5.93. The summed E-state index contributed by atoms with van der Waals surface area (Å²) in [5.41, 5.74) is 1.94. The number of nitrogens with one attached hydrogen (secondary N) is 5. The molecule has 7 nitrogen and oxygen atoms in total. The summed E-state index contributed by atoms with van der Waals surface area (Å²) in [6.07, 6.45) is 0.630. The van der Waals surface area contributed by atoms with Gasteiger partial charge in [-0.15, -0.1) is 0 Å². The molecule has 3 unspecified atom stereocenters. The first-order valence-corrected chi connectivity index (χ1v) is 11.4. The largest absolute Gasteiger partial charge is 0.497 e. The van der Waals surface area contributed by atoms with E-state index in [1.165, 1.54) is 5.56 Å². The summed E-state index contributed by atoms with van der Waals surface area (Å²) in [5.74, 6) is 1.28. The van der Waals surface area contributed by atoms with Gasteiger partial charge in [-0.3, -0.25) is 16.0 Å². The maximum absolute atomic E-state index is 12.7. The SMILES string of the molecule is COc1ccc(CNC2CC(C(C)C)NC(NC(=O)Nc3ccc4ccccc4c3)N2)cc1. The normalized spacial score (nSPS) is 20.5. The van der Waals surface area contributed by atoms with E-state index >= 15 is 0 Å². The van der Waals surface area contributed by atoms with E-state index in [1.54, 1.807) is 7.11 Å². The van der Waals surface area contributed by atoms with E-state index in [9.17, 15) is 4.79 Å². The Balaban J connectivity index is 1.35. The monoisotopic (exact) mass is 447 g/mol. The summed E-state index contributed by atoms with van der Waals surface area (Å²) < 4.78 is 5.23. The summed E-state index contributed by atoms with van der Waals surface area (Å²) >= 11 is 0. The molecule has 3 aromatic carbocycles. The van der Waals surface area contributed by atoms with Crippen molar-refractivity contribution in [1.82, 2.24) is 21.3 Å². The molecular weight excluding hydrogens is 414 g/mol. The highest BCUT2D eigenvalue weighted by atomic mass is 16.5. The maximum atomic E-state index is 12.7. The quantitative estimate of drug-likeness (QED) is 0.378. The highest BCUT2D eigenvalue weighted by Gasteiger charge is 2.29. The number of amides is 2. The fraction of sp³-hybridized carbons (Fsp3) is 0.346. The van der Waals surface area contributed by atoms with Gasteiger partial charge >= 0.3 is 6.03 Å². The van der Waals surface area contributed by atoms with Crippen LogP contribution in [0.2, 0.25) is 0 Å². The number of urea groups is 1. The fourth-order valence-electron chi connectivity index (χ4n) is 4.09. The van der Waals surface area contributed by atoms with Crippen LogP contribution < -0.4 is 31.3 Å². The number of carbonyl (C=O) groups is 1. The van der Waals surface area contributed by atoms with Gasteiger partial charge in [0.15, 0.2) is 0 Å². The van der Waals surface area contributed by atoms with E-state index in [0.717, 1.165) is 35.2 Å². The third-order valence-electron chi connectivity index (χ3n) is 6.04. The first-order chi connectivity index (χ1) is 16.0. The molecule has 1 saturated heterocycles. The molecule has 0 aliphatic carbocycles. The molecule has 0 radical (unpaired) electrons. The zero-order valence-corrected chi connectivity index (χ0v) is 19.4. The zero-order valence-electron chi connectivity index (χ0n) is 19.4. The van der Waals surface area contributed by atoms with Crippen molar-refractivity contribution in [1.29, 1.82) is 0 Å². The molecule has 5 N–H and O–H groups in total. The standard InChI is InChI=1S/C26H33N5O2/c1-17(2)23-15-24(27-16-18-8-12-22(33-3)13-9-18)30-25(29-23)31-26(32)28-21-11-10-19-6-4-5-7-20(19)14-21/h4-14,17,23-25,27,29-30H,15-16H2,1-3H3,(H2,28,31,32). The van der Waals surface area contributed by atoms with Crippen molar-refractivity contribution < 1.29 is 9.53 Å². The Morgan fingerprint density at radius 2 is 1.79 bits per heavy atom. The molecule has 0 spiro atoms. The topological polar surface area (TPSA) is 86.5 Å². The van der Waals surface area contributed by atoms with Gasteiger partial charge in [0.25, 0.3) is 0 Å². The maximum Gasteiger partial charge on any atom is 0.321 e. The van der Waals surface area contributed by atoms with Crippen molar-refractivity contribution in [3.63, 3.8) is 0 Å². The van der Waals surface area contributed by atoms with Gasteiger partial charge in [-0.25, -0.2) is 4.79 Å². The summed E-state index contributed by atoms with van der Waals surface area (Å²) in [5, 5.41) is 18.7. The van der Waals surface area contributed by atoms with Crippen molar-refractivity contribution in [2.75, 3.05) is 12.4 Å².